The number of hydrogen-bond donors (Lipinski definition) is 0. The van der Waals surface area contributed by atoms with E-state index in [2.05, 4.69) is 61.7 Å². The van der Waals surface area contributed by atoms with E-state index in [1.54, 1.807) is 11.3 Å². The van der Waals surface area contributed by atoms with E-state index in [0.29, 0.717) is 17.6 Å². The third-order valence-corrected chi connectivity index (χ3v) is 9.74. The Morgan fingerprint density at radius 3 is 2.54 bits per heavy atom. The molecule has 210 valence electrons. The molecule has 4 rings (SSSR count). The zero-order valence-electron chi connectivity index (χ0n) is 24.2. The highest BCUT2D eigenvalue weighted by atomic mass is 32.1. The summed E-state index contributed by atoms with van der Waals surface area (Å²) >= 11 is 1.75. The topological polar surface area (TPSA) is 34.1 Å². The van der Waals surface area contributed by atoms with Crippen molar-refractivity contribution in [2.45, 2.75) is 97.3 Å². The van der Waals surface area contributed by atoms with Crippen molar-refractivity contribution in [3.8, 4) is 0 Å². The molecule has 3 heteroatoms. The van der Waals surface area contributed by atoms with Crippen LogP contribution >= 0.6 is 11.3 Å². The lowest BCUT2D eigenvalue weighted by Crippen LogP contribution is -2.23. The number of Topliss-reactive ketones (excluding diaryl/α,β-unsaturated/α-hetero) is 2. The third kappa shape index (κ3) is 8.24. The van der Waals surface area contributed by atoms with Gasteiger partial charge in [0.1, 0.15) is 0 Å². The van der Waals surface area contributed by atoms with Gasteiger partial charge in [-0.1, -0.05) is 95.0 Å². The molecule has 1 aliphatic rings. The molecule has 1 aromatic heterocycles. The second-order valence-electron chi connectivity index (χ2n) is 11.9. The van der Waals surface area contributed by atoms with E-state index in [9.17, 15) is 9.59 Å². The standard InChI is InChI=1S/C36H46O2S.H2/c1-4-10-28(29-12-6-5-7-13-29)18-16-26(2)11-8-14-30-19-20-31-25-32(21-23-34(31)36(30)38)35(37)27(3)17-22-33-15-9-24-39-33;/h5-7,9,12-13,15,21,23-28,30H,4,8,10-11,14,16-20,22H2,1-3H3;1H. The van der Waals surface area contributed by atoms with Gasteiger partial charge in [0.05, 0.1) is 0 Å². The molecule has 0 fully saturated rings. The van der Waals surface area contributed by atoms with Crippen LogP contribution in [0.1, 0.15) is 123 Å². The number of fused-ring (bicyclic) bond motifs is 1. The zero-order valence-corrected chi connectivity index (χ0v) is 25.0. The van der Waals surface area contributed by atoms with Crippen LogP contribution in [0.4, 0.5) is 0 Å². The highest BCUT2D eigenvalue weighted by Gasteiger charge is 2.28. The summed E-state index contributed by atoms with van der Waals surface area (Å²) in [5, 5.41) is 2.09. The fourth-order valence-electron chi connectivity index (χ4n) is 6.27. The number of carbonyl (C=O) groups is 2. The highest BCUT2D eigenvalue weighted by Crippen LogP contribution is 2.33. The summed E-state index contributed by atoms with van der Waals surface area (Å²) in [6.45, 7) is 6.70. The molecule has 1 heterocycles. The van der Waals surface area contributed by atoms with Crippen LogP contribution in [0.3, 0.4) is 0 Å². The van der Waals surface area contributed by atoms with Crippen LogP contribution in [0.5, 0.6) is 0 Å². The van der Waals surface area contributed by atoms with Gasteiger partial charge in [-0.2, -0.15) is 0 Å². The van der Waals surface area contributed by atoms with Crippen LogP contribution in [-0.2, 0) is 12.8 Å². The van der Waals surface area contributed by atoms with Crippen molar-refractivity contribution in [1.82, 2.24) is 0 Å². The van der Waals surface area contributed by atoms with E-state index in [1.807, 2.05) is 25.1 Å². The second-order valence-corrected chi connectivity index (χ2v) is 12.9. The van der Waals surface area contributed by atoms with Gasteiger partial charge < -0.3 is 0 Å². The van der Waals surface area contributed by atoms with Crippen LogP contribution in [0.15, 0.2) is 66.0 Å². The van der Waals surface area contributed by atoms with Crippen LogP contribution in [0, 0.1) is 17.8 Å². The molecule has 0 amide bonds. The monoisotopic (exact) mass is 544 g/mol. The van der Waals surface area contributed by atoms with Crippen LogP contribution in [-0.4, -0.2) is 11.6 Å². The highest BCUT2D eigenvalue weighted by molar-refractivity contribution is 7.09. The van der Waals surface area contributed by atoms with Gasteiger partial charge in [0.2, 0.25) is 0 Å². The van der Waals surface area contributed by atoms with E-state index in [1.165, 1.54) is 42.5 Å². The molecule has 4 unspecified atom stereocenters. The normalized spacial score (nSPS) is 17.4. The molecule has 1 aliphatic carbocycles. The number of thiophene rings is 1. The van der Waals surface area contributed by atoms with E-state index in [-0.39, 0.29) is 19.0 Å². The zero-order chi connectivity index (χ0) is 27.6. The quantitative estimate of drug-likeness (QED) is 0.178. The second kappa shape index (κ2) is 14.7. The van der Waals surface area contributed by atoms with Gasteiger partial charge in [-0.3, -0.25) is 9.59 Å². The van der Waals surface area contributed by atoms with Crippen molar-refractivity contribution in [2.24, 2.45) is 17.8 Å². The Hall–Kier alpha value is -2.52. The lowest BCUT2D eigenvalue weighted by atomic mass is 9.78. The largest absolute Gasteiger partial charge is 0.294 e. The first kappa shape index (κ1) is 29.5. The molecule has 0 radical (unpaired) electrons. The van der Waals surface area contributed by atoms with Gasteiger partial charge in [0, 0.05) is 29.3 Å². The Bertz CT molecular complexity index is 1190. The molecule has 0 aliphatic heterocycles. The minimum absolute atomic E-state index is 0. The van der Waals surface area contributed by atoms with Crippen LogP contribution in [0.2, 0.25) is 0 Å². The first-order chi connectivity index (χ1) is 19.0. The summed E-state index contributed by atoms with van der Waals surface area (Å²) < 4.78 is 0. The lowest BCUT2D eigenvalue weighted by Gasteiger charge is -2.25. The predicted octanol–water partition coefficient (Wildman–Crippen LogP) is 10.4. The van der Waals surface area contributed by atoms with Crippen molar-refractivity contribution in [2.75, 3.05) is 0 Å². The van der Waals surface area contributed by atoms with Crippen LogP contribution < -0.4 is 0 Å². The Kier molecular flexibility index (Phi) is 11.1. The van der Waals surface area contributed by atoms with Crippen molar-refractivity contribution in [3.05, 3.63) is 93.2 Å². The molecule has 39 heavy (non-hydrogen) atoms. The smallest absolute Gasteiger partial charge is 0.166 e. The predicted molar refractivity (Wildman–Crippen MR) is 167 cm³/mol. The maximum absolute atomic E-state index is 13.3. The number of hydrogen-bond acceptors (Lipinski definition) is 3. The molecule has 0 N–H and O–H groups in total. The Balaban J connectivity index is 0.00000441. The Morgan fingerprint density at radius 1 is 0.974 bits per heavy atom. The molecule has 3 aromatic rings. The van der Waals surface area contributed by atoms with Gasteiger partial charge in [-0.05, 0) is 85.4 Å². The molecule has 2 nitrogen and oxygen atoms in total. The summed E-state index contributed by atoms with van der Waals surface area (Å²) in [7, 11) is 0. The van der Waals surface area contributed by atoms with Gasteiger partial charge in [0.25, 0.3) is 0 Å². The van der Waals surface area contributed by atoms with Crippen molar-refractivity contribution in [3.63, 3.8) is 0 Å². The molecule has 0 bridgehead atoms. The average Bonchev–Trinajstić information content (AvgIpc) is 3.49. The van der Waals surface area contributed by atoms with E-state index in [4.69, 9.17) is 0 Å². The Morgan fingerprint density at radius 2 is 1.79 bits per heavy atom. The number of aryl methyl sites for hydroxylation is 2. The summed E-state index contributed by atoms with van der Waals surface area (Å²) in [6, 6.07) is 21.0. The number of ketones is 2. The van der Waals surface area contributed by atoms with E-state index in [0.717, 1.165) is 55.2 Å². The maximum Gasteiger partial charge on any atom is 0.166 e. The fourth-order valence-corrected chi connectivity index (χ4v) is 7.00. The number of carbonyl (C=O) groups excluding carboxylic acids is 2. The molecule has 0 saturated carbocycles. The lowest BCUT2D eigenvalue weighted by molar-refractivity contribution is 0.0887. The molecule has 0 spiro atoms. The molecular formula is C36H48O2S. The molecule has 0 saturated heterocycles. The Labute approximate surface area is 241 Å². The minimum Gasteiger partial charge on any atom is -0.294 e. The van der Waals surface area contributed by atoms with Gasteiger partial charge in [-0.15, -0.1) is 11.3 Å². The van der Waals surface area contributed by atoms with Gasteiger partial charge in [0.15, 0.2) is 11.6 Å². The maximum atomic E-state index is 13.3. The third-order valence-electron chi connectivity index (χ3n) is 8.81. The molecule has 4 atom stereocenters. The summed E-state index contributed by atoms with van der Waals surface area (Å²) in [5.41, 5.74) is 4.18. The average molecular weight is 545 g/mol. The first-order valence-electron chi connectivity index (χ1n) is 15.2. The SMILES string of the molecule is CCCC(CCC(C)CCCC1CCc2cc(C(=O)C(C)CCc3cccs3)ccc2C1=O)c1ccccc1.[HH]. The number of rotatable bonds is 15. The van der Waals surface area contributed by atoms with E-state index >= 15 is 0 Å². The fraction of sp³-hybridized carbons (Fsp3) is 0.500. The van der Waals surface area contributed by atoms with Gasteiger partial charge >= 0.3 is 0 Å². The first-order valence-corrected chi connectivity index (χ1v) is 16.1. The molecule has 2 aromatic carbocycles. The van der Waals surface area contributed by atoms with E-state index < -0.39 is 0 Å². The van der Waals surface area contributed by atoms with Crippen molar-refractivity contribution in [1.29, 1.82) is 0 Å². The van der Waals surface area contributed by atoms with Crippen molar-refractivity contribution < 1.29 is 11.0 Å². The molecular weight excluding hydrogens is 496 g/mol. The van der Waals surface area contributed by atoms with Crippen LogP contribution in [0.25, 0.3) is 0 Å². The van der Waals surface area contributed by atoms with Crippen molar-refractivity contribution >= 4 is 22.9 Å². The summed E-state index contributed by atoms with van der Waals surface area (Å²) in [5.74, 6) is 1.97. The minimum atomic E-state index is -0.0101. The summed E-state index contributed by atoms with van der Waals surface area (Å²) in [4.78, 5) is 27.7. The number of benzene rings is 2. The summed E-state index contributed by atoms with van der Waals surface area (Å²) in [6.07, 6.45) is 11.9. The van der Waals surface area contributed by atoms with Gasteiger partial charge in [-0.25, -0.2) is 0 Å².